The molecule has 4 nitrogen and oxygen atoms in total. The predicted octanol–water partition coefficient (Wildman–Crippen LogP) is 0.845. The second-order valence-electron chi connectivity index (χ2n) is 3.32. The minimum absolute atomic E-state index is 0.456. The first-order chi connectivity index (χ1) is 6.60. The summed E-state index contributed by atoms with van der Waals surface area (Å²) in [7, 11) is -3.12. The summed E-state index contributed by atoms with van der Waals surface area (Å²) >= 11 is 0. The molecule has 1 heterocycles. The Morgan fingerprint density at radius 1 is 1.57 bits per heavy atom. The van der Waals surface area contributed by atoms with E-state index in [0.29, 0.717) is 12.8 Å². The molecule has 14 heavy (non-hydrogen) atoms. The summed E-state index contributed by atoms with van der Waals surface area (Å²) in [5.74, 6) is 3.99. The molecule has 0 amide bonds. The minimum atomic E-state index is -3.12. The molecule has 2 N–H and O–H groups in total. The molecule has 1 atom stereocenters. The maximum atomic E-state index is 10.9. The summed E-state index contributed by atoms with van der Waals surface area (Å²) in [6, 6.07) is 0. The number of hydrogen-bond donors (Lipinski definition) is 2. The van der Waals surface area contributed by atoms with Crippen molar-refractivity contribution in [1.82, 2.24) is 0 Å². The standard InChI is InChI=1S/C9H15O4P/c1-2-5-8(9(10)11)14(12)7-4-3-6-13-14/h8,12,14H,3-4,6-7H2,1H3,(H,10,11). The van der Waals surface area contributed by atoms with Crippen LogP contribution in [0.4, 0.5) is 0 Å². The Labute approximate surface area is 83.8 Å². The summed E-state index contributed by atoms with van der Waals surface area (Å²) in [5.41, 5.74) is -1.01. The molecule has 0 spiro atoms. The molecule has 5 heteroatoms. The SMILES string of the molecule is CC#CC(C(=O)O)[PH]1(O)CCCCO1. The third-order valence-corrected chi connectivity index (χ3v) is 5.34. The summed E-state index contributed by atoms with van der Waals surface area (Å²) in [6.07, 6.45) is 2.19. The van der Waals surface area contributed by atoms with Gasteiger partial charge in [0.2, 0.25) is 0 Å². The molecule has 0 aromatic heterocycles. The van der Waals surface area contributed by atoms with E-state index < -0.39 is 19.3 Å². The van der Waals surface area contributed by atoms with Crippen molar-refractivity contribution in [2.45, 2.75) is 25.4 Å². The van der Waals surface area contributed by atoms with E-state index in [1.807, 2.05) is 0 Å². The van der Waals surface area contributed by atoms with Gasteiger partial charge in [-0.15, -0.1) is 0 Å². The summed E-state index contributed by atoms with van der Waals surface area (Å²) < 4.78 is 5.25. The summed E-state index contributed by atoms with van der Waals surface area (Å²) in [4.78, 5) is 21.0. The number of carboxylic acids is 1. The average Bonchev–Trinajstić information content (AvgIpc) is 2.14. The number of aliphatic carboxylic acids is 1. The normalized spacial score (nSPS) is 24.1. The fourth-order valence-electron chi connectivity index (χ4n) is 1.54. The third-order valence-electron chi connectivity index (χ3n) is 2.27. The van der Waals surface area contributed by atoms with E-state index in [-0.39, 0.29) is 0 Å². The van der Waals surface area contributed by atoms with Crippen molar-refractivity contribution in [2.75, 3.05) is 12.8 Å². The molecule has 1 aliphatic heterocycles. The van der Waals surface area contributed by atoms with Gasteiger partial charge in [0, 0.05) is 0 Å². The van der Waals surface area contributed by atoms with Crippen LogP contribution in [0.25, 0.3) is 0 Å². The van der Waals surface area contributed by atoms with Crippen molar-refractivity contribution in [3.8, 4) is 11.8 Å². The van der Waals surface area contributed by atoms with Crippen molar-refractivity contribution in [1.29, 1.82) is 0 Å². The Balaban J connectivity index is 2.82. The van der Waals surface area contributed by atoms with Crippen LogP contribution in [0.2, 0.25) is 0 Å². The van der Waals surface area contributed by atoms with Crippen LogP contribution in [0.5, 0.6) is 0 Å². The van der Waals surface area contributed by atoms with Gasteiger partial charge in [0.1, 0.15) is 0 Å². The van der Waals surface area contributed by atoms with Crippen LogP contribution in [0.15, 0.2) is 0 Å². The molecule has 0 radical (unpaired) electrons. The Morgan fingerprint density at radius 3 is 2.71 bits per heavy atom. The monoisotopic (exact) mass is 218 g/mol. The van der Waals surface area contributed by atoms with Gasteiger partial charge >= 0.3 is 83.0 Å². The van der Waals surface area contributed by atoms with Crippen LogP contribution >= 0.6 is 7.72 Å². The van der Waals surface area contributed by atoms with Crippen LogP contribution in [-0.2, 0) is 9.32 Å². The predicted molar refractivity (Wildman–Crippen MR) is 55.5 cm³/mol. The zero-order valence-corrected chi connectivity index (χ0v) is 9.12. The zero-order chi connectivity index (χ0) is 10.6. The molecule has 0 bridgehead atoms. The number of carbonyl (C=O) groups is 1. The van der Waals surface area contributed by atoms with Gasteiger partial charge in [-0.05, 0) is 0 Å². The number of hydrogen-bond acceptors (Lipinski definition) is 3. The van der Waals surface area contributed by atoms with Gasteiger partial charge in [0.05, 0.1) is 0 Å². The second-order valence-corrected chi connectivity index (χ2v) is 6.37. The molecule has 1 unspecified atom stereocenters. The molecular formula is C9H15O4P. The van der Waals surface area contributed by atoms with E-state index in [1.54, 1.807) is 6.92 Å². The fourth-order valence-corrected chi connectivity index (χ4v) is 4.15. The van der Waals surface area contributed by atoms with E-state index in [9.17, 15) is 9.69 Å². The zero-order valence-electron chi connectivity index (χ0n) is 8.12. The first kappa shape index (κ1) is 11.5. The van der Waals surface area contributed by atoms with Crippen molar-refractivity contribution in [2.24, 2.45) is 0 Å². The van der Waals surface area contributed by atoms with Crippen LogP contribution in [0, 0.1) is 11.8 Å². The third kappa shape index (κ3) is 2.45. The Morgan fingerprint density at radius 2 is 2.29 bits per heavy atom. The maximum absolute atomic E-state index is 10.9. The fraction of sp³-hybridized carbons (Fsp3) is 0.667. The quantitative estimate of drug-likeness (QED) is 0.532. The number of carboxylic acid groups (broad SMARTS) is 1. The topological polar surface area (TPSA) is 66.8 Å². The Bertz CT molecular complexity index is 272. The van der Waals surface area contributed by atoms with Crippen LogP contribution in [0.3, 0.4) is 0 Å². The van der Waals surface area contributed by atoms with Crippen molar-refractivity contribution < 1.29 is 19.3 Å². The van der Waals surface area contributed by atoms with Crippen LogP contribution in [0.1, 0.15) is 19.8 Å². The molecule has 80 valence electrons. The van der Waals surface area contributed by atoms with Gasteiger partial charge in [-0.2, -0.15) is 0 Å². The van der Waals surface area contributed by atoms with E-state index in [0.717, 1.165) is 12.8 Å². The molecule has 1 fully saturated rings. The molecule has 0 aromatic carbocycles. The first-order valence-corrected chi connectivity index (χ1v) is 6.75. The van der Waals surface area contributed by atoms with Gasteiger partial charge < -0.3 is 0 Å². The average molecular weight is 218 g/mol. The Hall–Kier alpha value is -0.620. The van der Waals surface area contributed by atoms with Gasteiger partial charge in [-0.1, -0.05) is 0 Å². The molecule has 0 aromatic rings. The second kappa shape index (κ2) is 4.75. The summed E-state index contributed by atoms with van der Waals surface area (Å²) in [5, 5.41) is 8.91. The molecule has 0 saturated carbocycles. The van der Waals surface area contributed by atoms with Crippen molar-refractivity contribution in [3.05, 3.63) is 0 Å². The molecule has 1 saturated heterocycles. The van der Waals surface area contributed by atoms with Crippen LogP contribution < -0.4 is 0 Å². The van der Waals surface area contributed by atoms with Crippen LogP contribution in [-0.4, -0.2) is 34.4 Å². The molecule has 1 aliphatic rings. The summed E-state index contributed by atoms with van der Waals surface area (Å²) in [6.45, 7) is 2.02. The van der Waals surface area contributed by atoms with Crippen molar-refractivity contribution >= 4 is 13.7 Å². The van der Waals surface area contributed by atoms with E-state index in [1.165, 1.54) is 0 Å². The first-order valence-electron chi connectivity index (χ1n) is 4.61. The van der Waals surface area contributed by atoms with Crippen molar-refractivity contribution in [3.63, 3.8) is 0 Å². The van der Waals surface area contributed by atoms with Gasteiger partial charge in [-0.3, -0.25) is 0 Å². The Kier molecular flexibility index (Phi) is 3.88. The van der Waals surface area contributed by atoms with Gasteiger partial charge in [0.15, 0.2) is 0 Å². The van der Waals surface area contributed by atoms with Gasteiger partial charge in [-0.25, -0.2) is 0 Å². The number of rotatable bonds is 2. The van der Waals surface area contributed by atoms with E-state index in [2.05, 4.69) is 11.8 Å². The van der Waals surface area contributed by atoms with Gasteiger partial charge in [0.25, 0.3) is 0 Å². The molecule has 0 aliphatic carbocycles. The molecular weight excluding hydrogens is 203 g/mol. The molecule has 1 rings (SSSR count). The van der Waals surface area contributed by atoms with E-state index in [4.69, 9.17) is 9.63 Å². The van der Waals surface area contributed by atoms with E-state index >= 15 is 0 Å².